The number of aromatic nitrogens is 3. The van der Waals surface area contributed by atoms with E-state index in [1.807, 2.05) is 28.1 Å². The highest BCUT2D eigenvalue weighted by molar-refractivity contribution is 5.33. The van der Waals surface area contributed by atoms with Crippen LogP contribution in [-0.2, 0) is 0 Å². The van der Waals surface area contributed by atoms with Gasteiger partial charge in [0.2, 0.25) is 11.9 Å². The molecule has 1 heterocycles. The van der Waals surface area contributed by atoms with Crippen LogP contribution in [0.3, 0.4) is 0 Å². The van der Waals surface area contributed by atoms with Crippen molar-refractivity contribution in [3.8, 4) is 5.75 Å². The molecule has 0 saturated heterocycles. The van der Waals surface area contributed by atoms with Crippen molar-refractivity contribution in [1.29, 1.82) is 0 Å². The molecule has 0 radical (unpaired) electrons. The van der Waals surface area contributed by atoms with E-state index in [9.17, 15) is 4.39 Å². The third-order valence-corrected chi connectivity index (χ3v) is 3.62. The van der Waals surface area contributed by atoms with Crippen molar-refractivity contribution < 1.29 is 9.13 Å². The molecule has 2 N–H and O–H groups in total. The molecule has 0 bridgehead atoms. The molecule has 2 aromatic rings. The molecule has 1 aromatic heterocycles. The molecule has 0 saturated carbocycles. The number of benzene rings is 1. The van der Waals surface area contributed by atoms with Gasteiger partial charge in [0.25, 0.3) is 0 Å². The van der Waals surface area contributed by atoms with Crippen molar-refractivity contribution in [2.75, 3.05) is 44.9 Å². The van der Waals surface area contributed by atoms with E-state index >= 15 is 0 Å². The summed E-state index contributed by atoms with van der Waals surface area (Å²) in [6.45, 7) is 3.11. The first-order valence-electron chi connectivity index (χ1n) is 7.64. The fourth-order valence-electron chi connectivity index (χ4n) is 2.01. The minimum atomic E-state index is -0.280. The van der Waals surface area contributed by atoms with Crippen molar-refractivity contribution in [3.05, 3.63) is 35.9 Å². The van der Waals surface area contributed by atoms with Crippen LogP contribution in [0, 0.1) is 5.82 Å². The summed E-state index contributed by atoms with van der Waals surface area (Å²) < 4.78 is 18.5. The van der Waals surface area contributed by atoms with Gasteiger partial charge in [-0.25, -0.2) is 4.39 Å². The number of nitrogen functional groups attached to an aromatic ring is 1. The summed E-state index contributed by atoms with van der Waals surface area (Å²) >= 11 is 0. The van der Waals surface area contributed by atoms with E-state index in [1.54, 1.807) is 17.0 Å². The number of ether oxygens (including phenoxy) is 1. The van der Waals surface area contributed by atoms with Crippen molar-refractivity contribution in [1.82, 2.24) is 19.9 Å². The van der Waals surface area contributed by atoms with Crippen LogP contribution in [0.1, 0.15) is 18.8 Å². The molecule has 130 valence electrons. The first kappa shape index (κ1) is 17.9. The second-order valence-corrected chi connectivity index (χ2v) is 5.71. The zero-order chi connectivity index (χ0) is 17.7. The maximum atomic E-state index is 12.9. The number of likely N-dealkylation sites (N-methyl/N-ethyl adjacent to an activating group) is 1. The summed E-state index contributed by atoms with van der Waals surface area (Å²) in [7, 11) is 5.65. The van der Waals surface area contributed by atoms with Gasteiger partial charge in [-0.3, -0.25) is 4.90 Å². The summed E-state index contributed by atoms with van der Waals surface area (Å²) in [6, 6.07) is 5.91. The Labute approximate surface area is 141 Å². The topological polar surface area (TPSA) is 80.4 Å². The Hall–Kier alpha value is -2.48. The number of anilines is 2. The van der Waals surface area contributed by atoms with E-state index in [0.29, 0.717) is 30.7 Å². The van der Waals surface area contributed by atoms with Gasteiger partial charge in [0.05, 0.1) is 6.04 Å². The minimum absolute atomic E-state index is 0.0502. The molecule has 0 aliphatic carbocycles. The third-order valence-electron chi connectivity index (χ3n) is 3.62. The Morgan fingerprint density at radius 3 is 2.42 bits per heavy atom. The molecule has 2 rings (SSSR count). The van der Waals surface area contributed by atoms with Crippen LogP contribution < -0.4 is 15.4 Å². The Kier molecular flexibility index (Phi) is 5.86. The van der Waals surface area contributed by atoms with E-state index in [0.717, 1.165) is 0 Å². The largest absolute Gasteiger partial charge is 0.492 e. The fraction of sp³-hybridized carbons (Fsp3) is 0.438. The molecular formula is C16H23FN6O. The molecule has 0 fully saturated rings. The maximum absolute atomic E-state index is 12.9. The van der Waals surface area contributed by atoms with Gasteiger partial charge in [-0.2, -0.15) is 15.0 Å². The molecule has 0 amide bonds. The standard InChI is InChI=1S/C16H23FN6O/c1-11(14-19-15(18)21-16(20-14)22(2)3)23(4)9-10-24-13-7-5-12(17)6-8-13/h5-8,11H,9-10H2,1-4H3,(H2,18,19,20,21)/t11-/m1/s1. The van der Waals surface area contributed by atoms with Gasteiger partial charge in [0.15, 0.2) is 5.82 Å². The van der Waals surface area contributed by atoms with Gasteiger partial charge in [-0.1, -0.05) is 0 Å². The maximum Gasteiger partial charge on any atom is 0.229 e. The molecule has 7 nitrogen and oxygen atoms in total. The monoisotopic (exact) mass is 334 g/mol. The Balaban J connectivity index is 1.94. The lowest BCUT2D eigenvalue weighted by atomic mass is 10.3. The zero-order valence-corrected chi connectivity index (χ0v) is 14.4. The van der Waals surface area contributed by atoms with Gasteiger partial charge in [-0.15, -0.1) is 0 Å². The van der Waals surface area contributed by atoms with E-state index in [-0.39, 0.29) is 17.8 Å². The second kappa shape index (κ2) is 7.87. The van der Waals surface area contributed by atoms with Crippen molar-refractivity contribution in [3.63, 3.8) is 0 Å². The average molecular weight is 334 g/mol. The van der Waals surface area contributed by atoms with E-state index in [1.165, 1.54) is 12.1 Å². The van der Waals surface area contributed by atoms with Gasteiger partial charge < -0.3 is 15.4 Å². The van der Waals surface area contributed by atoms with Gasteiger partial charge in [-0.05, 0) is 38.2 Å². The Morgan fingerprint density at radius 2 is 1.79 bits per heavy atom. The number of nitrogens with zero attached hydrogens (tertiary/aromatic N) is 5. The first-order chi connectivity index (χ1) is 11.4. The number of halogens is 1. The molecule has 0 unspecified atom stereocenters. The van der Waals surface area contributed by atoms with Gasteiger partial charge in [0, 0.05) is 20.6 Å². The highest BCUT2D eigenvalue weighted by Crippen LogP contribution is 2.18. The molecule has 8 heteroatoms. The third kappa shape index (κ3) is 4.76. The van der Waals surface area contributed by atoms with Gasteiger partial charge in [0.1, 0.15) is 18.2 Å². The lowest BCUT2D eigenvalue weighted by Gasteiger charge is -2.24. The highest BCUT2D eigenvalue weighted by atomic mass is 19.1. The fourth-order valence-corrected chi connectivity index (χ4v) is 2.01. The molecule has 1 aromatic carbocycles. The van der Waals surface area contributed by atoms with Crippen LogP contribution in [0.4, 0.5) is 16.3 Å². The predicted molar refractivity (Wildman–Crippen MR) is 91.5 cm³/mol. The van der Waals surface area contributed by atoms with Crippen LogP contribution >= 0.6 is 0 Å². The zero-order valence-electron chi connectivity index (χ0n) is 14.4. The van der Waals surface area contributed by atoms with Crippen LogP contribution in [-0.4, -0.2) is 54.1 Å². The molecule has 0 aliphatic rings. The molecule has 1 atom stereocenters. The summed E-state index contributed by atoms with van der Waals surface area (Å²) in [6.07, 6.45) is 0. The summed E-state index contributed by atoms with van der Waals surface area (Å²) in [5.41, 5.74) is 5.76. The van der Waals surface area contributed by atoms with E-state index in [4.69, 9.17) is 10.5 Å². The van der Waals surface area contributed by atoms with Crippen molar-refractivity contribution in [2.24, 2.45) is 0 Å². The number of rotatable bonds is 7. The van der Waals surface area contributed by atoms with E-state index in [2.05, 4.69) is 19.9 Å². The van der Waals surface area contributed by atoms with Crippen molar-refractivity contribution >= 4 is 11.9 Å². The van der Waals surface area contributed by atoms with Crippen LogP contribution in [0.2, 0.25) is 0 Å². The predicted octanol–water partition coefficient (Wildman–Crippen LogP) is 1.73. The Morgan fingerprint density at radius 1 is 1.12 bits per heavy atom. The molecule has 0 aliphatic heterocycles. The lowest BCUT2D eigenvalue weighted by molar-refractivity contribution is 0.196. The highest BCUT2D eigenvalue weighted by Gasteiger charge is 2.17. The summed E-state index contributed by atoms with van der Waals surface area (Å²) in [5.74, 6) is 1.69. The van der Waals surface area contributed by atoms with Crippen LogP contribution in [0.25, 0.3) is 0 Å². The smallest absolute Gasteiger partial charge is 0.229 e. The number of nitrogens with two attached hydrogens (primary N) is 1. The Bertz CT molecular complexity index is 664. The summed E-state index contributed by atoms with van der Waals surface area (Å²) in [5, 5.41) is 0. The quantitative estimate of drug-likeness (QED) is 0.826. The minimum Gasteiger partial charge on any atom is -0.492 e. The van der Waals surface area contributed by atoms with Crippen molar-refractivity contribution in [2.45, 2.75) is 13.0 Å². The average Bonchev–Trinajstić information content (AvgIpc) is 2.55. The number of hydrogen-bond donors (Lipinski definition) is 1. The number of hydrogen-bond acceptors (Lipinski definition) is 7. The van der Waals surface area contributed by atoms with Crippen LogP contribution in [0.5, 0.6) is 5.75 Å². The first-order valence-corrected chi connectivity index (χ1v) is 7.64. The van der Waals surface area contributed by atoms with E-state index < -0.39 is 0 Å². The second-order valence-electron chi connectivity index (χ2n) is 5.71. The molecule has 0 spiro atoms. The molecular weight excluding hydrogens is 311 g/mol. The van der Waals surface area contributed by atoms with Gasteiger partial charge >= 0.3 is 0 Å². The lowest BCUT2D eigenvalue weighted by Crippen LogP contribution is -2.29. The summed E-state index contributed by atoms with van der Waals surface area (Å²) in [4.78, 5) is 16.6. The normalized spacial score (nSPS) is 12.2. The SMILES string of the molecule is C[C@H](c1nc(N)nc(N(C)C)n1)N(C)CCOc1ccc(F)cc1. The molecule has 24 heavy (non-hydrogen) atoms. The van der Waals surface area contributed by atoms with Crippen LogP contribution in [0.15, 0.2) is 24.3 Å².